The van der Waals surface area contributed by atoms with E-state index in [1.165, 1.54) is 0 Å². The summed E-state index contributed by atoms with van der Waals surface area (Å²) in [7, 11) is 0. The minimum absolute atomic E-state index is 0.0856. The molecule has 0 aromatic heterocycles. The van der Waals surface area contributed by atoms with Crippen molar-refractivity contribution in [2.45, 2.75) is 26.8 Å². The Labute approximate surface area is 118 Å². The van der Waals surface area contributed by atoms with Crippen LogP contribution in [0.4, 0.5) is 5.69 Å². The number of nitrogens with zero attached hydrogens (tertiary/aromatic N) is 1. The first kappa shape index (κ1) is 14.4. The number of aromatic carboxylic acids is 1. The Kier molecular flexibility index (Phi) is 3.97. The Balaban J connectivity index is 2.21. The lowest BCUT2D eigenvalue weighted by Crippen LogP contribution is -2.26. The number of likely N-dealkylation sites (tertiary alicyclic amines) is 1. The van der Waals surface area contributed by atoms with Crippen molar-refractivity contribution in [1.29, 1.82) is 0 Å². The van der Waals surface area contributed by atoms with Crippen LogP contribution in [0.15, 0.2) is 18.2 Å². The fraction of sp³-hybridized carbons (Fsp3) is 0.467. The number of carbonyl (C=O) groups excluding carboxylic acids is 1. The lowest BCUT2D eigenvalue weighted by atomic mass is 9.95. The lowest BCUT2D eigenvalue weighted by Gasteiger charge is -2.19. The lowest BCUT2D eigenvalue weighted by molar-refractivity contribution is -0.128. The van der Waals surface area contributed by atoms with E-state index in [-0.39, 0.29) is 17.2 Å². The van der Waals surface area contributed by atoms with Gasteiger partial charge in [-0.05, 0) is 23.5 Å². The van der Waals surface area contributed by atoms with Crippen LogP contribution in [0.25, 0.3) is 0 Å². The van der Waals surface area contributed by atoms with Crippen LogP contribution in [0.1, 0.15) is 36.2 Å². The summed E-state index contributed by atoms with van der Waals surface area (Å²) in [6.45, 7) is 5.20. The number of nitrogens with two attached hydrogens (primary N) is 1. The van der Waals surface area contributed by atoms with Gasteiger partial charge in [-0.15, -0.1) is 0 Å². The highest BCUT2D eigenvalue weighted by atomic mass is 16.4. The molecule has 3 N–H and O–H groups in total. The maximum absolute atomic E-state index is 12.0. The monoisotopic (exact) mass is 276 g/mol. The molecule has 1 saturated heterocycles. The molecule has 1 atom stereocenters. The molecular weight excluding hydrogens is 256 g/mol. The number of carbonyl (C=O) groups is 2. The number of carboxylic acids is 1. The van der Waals surface area contributed by atoms with E-state index in [0.717, 1.165) is 0 Å². The van der Waals surface area contributed by atoms with E-state index in [1.54, 1.807) is 23.1 Å². The van der Waals surface area contributed by atoms with Crippen molar-refractivity contribution in [2.75, 3.05) is 12.3 Å². The zero-order valence-corrected chi connectivity index (χ0v) is 11.8. The second kappa shape index (κ2) is 5.53. The summed E-state index contributed by atoms with van der Waals surface area (Å²) >= 11 is 0. The second-order valence-corrected chi connectivity index (χ2v) is 5.67. The summed E-state index contributed by atoms with van der Waals surface area (Å²) in [5.41, 5.74) is 6.66. The van der Waals surface area contributed by atoms with Crippen LogP contribution in [-0.4, -0.2) is 28.4 Å². The van der Waals surface area contributed by atoms with Crippen molar-refractivity contribution in [3.63, 3.8) is 0 Å². The first-order chi connectivity index (χ1) is 9.40. The molecule has 1 unspecified atom stereocenters. The van der Waals surface area contributed by atoms with Crippen molar-refractivity contribution in [3.05, 3.63) is 29.3 Å². The Morgan fingerprint density at radius 1 is 1.50 bits per heavy atom. The number of hydrogen-bond acceptors (Lipinski definition) is 3. The van der Waals surface area contributed by atoms with Gasteiger partial charge in [0.25, 0.3) is 0 Å². The zero-order chi connectivity index (χ0) is 14.9. The molecule has 0 bridgehead atoms. The Morgan fingerprint density at radius 2 is 2.20 bits per heavy atom. The van der Waals surface area contributed by atoms with Crippen LogP contribution in [0.2, 0.25) is 0 Å². The Morgan fingerprint density at radius 3 is 2.75 bits per heavy atom. The fourth-order valence-corrected chi connectivity index (χ4v) is 2.62. The molecule has 1 amide bonds. The van der Waals surface area contributed by atoms with Crippen LogP contribution < -0.4 is 5.73 Å². The SMILES string of the molecule is CC(C)C1CC(=O)N(Cc2cccc(N)c2C(=O)O)C1. The zero-order valence-electron chi connectivity index (χ0n) is 11.8. The number of rotatable bonds is 4. The first-order valence-corrected chi connectivity index (χ1v) is 6.78. The Hall–Kier alpha value is -2.04. The van der Waals surface area contributed by atoms with Gasteiger partial charge in [0.2, 0.25) is 5.91 Å². The maximum Gasteiger partial charge on any atom is 0.338 e. The molecule has 1 aromatic rings. The molecule has 1 fully saturated rings. The third-order valence-corrected chi connectivity index (χ3v) is 3.95. The van der Waals surface area contributed by atoms with Crippen LogP contribution in [-0.2, 0) is 11.3 Å². The summed E-state index contributed by atoms with van der Waals surface area (Å²) in [5, 5.41) is 9.24. The minimum Gasteiger partial charge on any atom is -0.478 e. The number of nitrogen functional groups attached to an aromatic ring is 1. The van der Waals surface area contributed by atoms with Crippen molar-refractivity contribution in [1.82, 2.24) is 4.90 Å². The summed E-state index contributed by atoms with van der Waals surface area (Å²) in [6, 6.07) is 5.00. The largest absolute Gasteiger partial charge is 0.478 e. The number of benzene rings is 1. The highest BCUT2D eigenvalue weighted by Crippen LogP contribution is 2.27. The quantitative estimate of drug-likeness (QED) is 0.823. The fourth-order valence-electron chi connectivity index (χ4n) is 2.62. The molecular formula is C15H20N2O3. The highest BCUT2D eigenvalue weighted by molar-refractivity contribution is 5.95. The van der Waals surface area contributed by atoms with E-state index >= 15 is 0 Å². The van der Waals surface area contributed by atoms with E-state index in [9.17, 15) is 14.7 Å². The van der Waals surface area contributed by atoms with Gasteiger partial charge in [0.05, 0.1) is 5.56 Å². The summed E-state index contributed by atoms with van der Waals surface area (Å²) in [6.07, 6.45) is 0.544. The maximum atomic E-state index is 12.0. The van der Waals surface area contributed by atoms with Gasteiger partial charge in [0.15, 0.2) is 0 Å². The predicted molar refractivity (Wildman–Crippen MR) is 76.2 cm³/mol. The number of anilines is 1. The number of hydrogen-bond donors (Lipinski definition) is 2. The van der Waals surface area contributed by atoms with E-state index < -0.39 is 5.97 Å². The van der Waals surface area contributed by atoms with Gasteiger partial charge in [0, 0.05) is 25.2 Å². The molecule has 1 aliphatic heterocycles. The molecule has 1 heterocycles. The topological polar surface area (TPSA) is 83.6 Å². The summed E-state index contributed by atoms with van der Waals surface area (Å²) < 4.78 is 0. The van der Waals surface area contributed by atoms with Crippen molar-refractivity contribution in [3.8, 4) is 0 Å². The number of amides is 1. The molecule has 2 rings (SSSR count). The van der Waals surface area contributed by atoms with Crippen molar-refractivity contribution in [2.24, 2.45) is 11.8 Å². The molecule has 0 spiro atoms. The molecule has 5 heteroatoms. The van der Waals surface area contributed by atoms with E-state index in [2.05, 4.69) is 13.8 Å². The molecule has 0 aliphatic carbocycles. The van der Waals surface area contributed by atoms with Crippen LogP contribution in [0.5, 0.6) is 0 Å². The van der Waals surface area contributed by atoms with Gasteiger partial charge in [0.1, 0.15) is 0 Å². The van der Waals surface area contributed by atoms with E-state index in [1.807, 2.05) is 0 Å². The van der Waals surface area contributed by atoms with Gasteiger partial charge in [-0.1, -0.05) is 26.0 Å². The average Bonchev–Trinajstić information content (AvgIpc) is 2.71. The standard InChI is InChI=1S/C15H20N2O3/c1-9(2)11-6-13(18)17(8-11)7-10-4-3-5-12(16)14(10)15(19)20/h3-5,9,11H,6-8,16H2,1-2H3,(H,19,20). The molecule has 0 radical (unpaired) electrons. The average molecular weight is 276 g/mol. The first-order valence-electron chi connectivity index (χ1n) is 6.78. The smallest absolute Gasteiger partial charge is 0.338 e. The minimum atomic E-state index is -1.05. The van der Waals surface area contributed by atoms with Crippen LogP contribution in [0, 0.1) is 11.8 Å². The summed E-state index contributed by atoms with van der Waals surface area (Å²) in [5.74, 6) is -0.173. The van der Waals surface area contributed by atoms with Crippen molar-refractivity contribution >= 4 is 17.6 Å². The molecule has 1 aliphatic rings. The molecule has 20 heavy (non-hydrogen) atoms. The van der Waals surface area contributed by atoms with Gasteiger partial charge < -0.3 is 15.7 Å². The van der Waals surface area contributed by atoms with Gasteiger partial charge in [-0.3, -0.25) is 4.79 Å². The summed E-state index contributed by atoms with van der Waals surface area (Å²) in [4.78, 5) is 25.0. The number of carboxylic acid groups (broad SMARTS) is 1. The molecule has 108 valence electrons. The normalized spacial score (nSPS) is 18.9. The van der Waals surface area contributed by atoms with E-state index in [0.29, 0.717) is 36.9 Å². The van der Waals surface area contributed by atoms with E-state index in [4.69, 9.17) is 5.73 Å². The van der Waals surface area contributed by atoms with Gasteiger partial charge in [-0.25, -0.2) is 4.79 Å². The third-order valence-electron chi connectivity index (χ3n) is 3.95. The third kappa shape index (κ3) is 2.76. The van der Waals surface area contributed by atoms with Gasteiger partial charge in [-0.2, -0.15) is 0 Å². The van der Waals surface area contributed by atoms with Crippen LogP contribution >= 0.6 is 0 Å². The molecule has 5 nitrogen and oxygen atoms in total. The van der Waals surface area contributed by atoms with Crippen LogP contribution in [0.3, 0.4) is 0 Å². The second-order valence-electron chi connectivity index (χ2n) is 5.67. The highest BCUT2D eigenvalue weighted by Gasteiger charge is 2.32. The molecule has 0 saturated carbocycles. The molecule has 1 aromatic carbocycles. The van der Waals surface area contributed by atoms with Gasteiger partial charge >= 0.3 is 5.97 Å². The Bertz CT molecular complexity index is 540. The predicted octanol–water partition coefficient (Wildman–Crippen LogP) is 1.97. The van der Waals surface area contributed by atoms with Crippen molar-refractivity contribution < 1.29 is 14.7 Å².